The Bertz CT molecular complexity index is 539. The van der Waals surface area contributed by atoms with E-state index in [4.69, 9.17) is 17.3 Å². The van der Waals surface area contributed by atoms with E-state index < -0.39 is 11.4 Å². The van der Waals surface area contributed by atoms with Crippen molar-refractivity contribution in [1.29, 1.82) is 0 Å². The summed E-state index contributed by atoms with van der Waals surface area (Å²) in [5.74, 6) is -0.708. The van der Waals surface area contributed by atoms with E-state index in [1.165, 1.54) is 12.1 Å². The minimum absolute atomic E-state index is 0.152. The van der Waals surface area contributed by atoms with E-state index in [1.807, 2.05) is 6.92 Å². The highest BCUT2D eigenvalue weighted by Gasteiger charge is 2.34. The number of amides is 2. The molecule has 0 saturated carbocycles. The molecule has 0 spiro atoms. The maximum atomic E-state index is 12.4. The van der Waals surface area contributed by atoms with Gasteiger partial charge >= 0.3 is 0 Å². The number of carbonyl (C=O) groups excluding carboxylic acids is 2. The van der Waals surface area contributed by atoms with Crippen molar-refractivity contribution >= 4 is 29.1 Å². The summed E-state index contributed by atoms with van der Waals surface area (Å²) in [6, 6.07) is 4.57. The predicted octanol–water partition coefficient (Wildman–Crippen LogP) is 1.91. The van der Waals surface area contributed by atoms with Crippen LogP contribution >= 0.6 is 11.6 Å². The van der Waals surface area contributed by atoms with E-state index in [9.17, 15) is 9.59 Å². The summed E-state index contributed by atoms with van der Waals surface area (Å²) in [5, 5.41) is 6.38. The second-order valence-corrected chi connectivity index (χ2v) is 5.64. The average Bonchev–Trinajstić information content (AvgIpc) is 2.41. The van der Waals surface area contributed by atoms with Gasteiger partial charge in [0.2, 0.25) is 11.8 Å². The zero-order valence-electron chi connectivity index (χ0n) is 11.3. The summed E-state index contributed by atoms with van der Waals surface area (Å²) in [4.78, 5) is 23.5. The second-order valence-electron chi connectivity index (χ2n) is 5.23. The smallest absolute Gasteiger partial charge is 0.248 e. The molecule has 1 aliphatic heterocycles. The molecule has 6 heteroatoms. The molecule has 5 nitrogen and oxygen atoms in total. The minimum Gasteiger partial charge on any atom is -0.366 e. The number of nitrogens with two attached hydrogens (primary N) is 1. The number of hydrogen-bond acceptors (Lipinski definition) is 3. The Hall–Kier alpha value is -1.59. The van der Waals surface area contributed by atoms with Crippen LogP contribution in [-0.4, -0.2) is 23.9 Å². The first kappa shape index (κ1) is 14.8. The van der Waals surface area contributed by atoms with Crippen LogP contribution in [0.3, 0.4) is 0 Å². The summed E-state index contributed by atoms with van der Waals surface area (Å²) in [6.07, 6.45) is 2.85. The van der Waals surface area contributed by atoms with Crippen LogP contribution in [0.4, 0.5) is 5.69 Å². The van der Waals surface area contributed by atoms with Crippen LogP contribution in [0.1, 0.15) is 36.5 Å². The molecule has 1 aliphatic rings. The van der Waals surface area contributed by atoms with Crippen LogP contribution in [-0.2, 0) is 4.79 Å². The number of rotatable bonds is 3. The van der Waals surface area contributed by atoms with E-state index in [2.05, 4.69) is 10.6 Å². The molecule has 1 aromatic rings. The maximum Gasteiger partial charge on any atom is 0.248 e. The van der Waals surface area contributed by atoms with Crippen molar-refractivity contribution in [2.75, 3.05) is 11.9 Å². The lowest BCUT2D eigenvalue weighted by Gasteiger charge is -2.33. The number of halogens is 1. The van der Waals surface area contributed by atoms with Crippen LogP contribution in [0, 0.1) is 0 Å². The monoisotopic (exact) mass is 295 g/mol. The van der Waals surface area contributed by atoms with Gasteiger partial charge in [-0.05, 0) is 50.9 Å². The van der Waals surface area contributed by atoms with Crippen LogP contribution in [0.5, 0.6) is 0 Å². The van der Waals surface area contributed by atoms with Gasteiger partial charge in [0.15, 0.2) is 0 Å². The van der Waals surface area contributed by atoms with Crippen molar-refractivity contribution in [3.05, 3.63) is 28.8 Å². The highest BCUT2D eigenvalue weighted by Crippen LogP contribution is 2.26. The number of piperidine rings is 1. The molecule has 0 radical (unpaired) electrons. The van der Waals surface area contributed by atoms with Gasteiger partial charge in [0, 0.05) is 5.56 Å². The Morgan fingerprint density at radius 1 is 1.40 bits per heavy atom. The van der Waals surface area contributed by atoms with Crippen LogP contribution in [0.15, 0.2) is 18.2 Å². The second kappa shape index (κ2) is 5.81. The minimum atomic E-state index is -0.607. The first-order chi connectivity index (χ1) is 9.42. The van der Waals surface area contributed by atoms with Gasteiger partial charge < -0.3 is 16.4 Å². The van der Waals surface area contributed by atoms with Gasteiger partial charge in [0.25, 0.3) is 0 Å². The van der Waals surface area contributed by atoms with Gasteiger partial charge in [0.1, 0.15) is 0 Å². The van der Waals surface area contributed by atoms with E-state index in [0.717, 1.165) is 25.8 Å². The fourth-order valence-electron chi connectivity index (χ4n) is 2.28. The first-order valence-electron chi connectivity index (χ1n) is 6.58. The fourth-order valence-corrected chi connectivity index (χ4v) is 2.45. The molecule has 2 rings (SSSR count). The molecule has 1 aromatic carbocycles. The Morgan fingerprint density at radius 2 is 2.15 bits per heavy atom. The average molecular weight is 296 g/mol. The summed E-state index contributed by atoms with van der Waals surface area (Å²) >= 11 is 6.04. The Labute approximate surface area is 122 Å². The molecule has 1 atom stereocenters. The van der Waals surface area contributed by atoms with Crippen LogP contribution in [0.25, 0.3) is 0 Å². The lowest BCUT2D eigenvalue weighted by atomic mass is 9.90. The Kier molecular flexibility index (Phi) is 4.30. The lowest BCUT2D eigenvalue weighted by molar-refractivity contribution is -0.122. The number of benzene rings is 1. The largest absolute Gasteiger partial charge is 0.366 e. The number of primary amides is 1. The highest BCUT2D eigenvalue weighted by molar-refractivity contribution is 6.34. The van der Waals surface area contributed by atoms with E-state index in [1.54, 1.807) is 6.07 Å². The lowest BCUT2D eigenvalue weighted by Crippen LogP contribution is -2.54. The molecule has 0 aromatic heterocycles. The molecule has 108 valence electrons. The van der Waals surface area contributed by atoms with Crippen molar-refractivity contribution in [3.63, 3.8) is 0 Å². The molecule has 0 aliphatic carbocycles. The summed E-state index contributed by atoms with van der Waals surface area (Å²) in [6.45, 7) is 2.69. The van der Waals surface area contributed by atoms with Crippen molar-refractivity contribution in [2.24, 2.45) is 5.73 Å². The third kappa shape index (κ3) is 3.11. The number of hydrogen-bond donors (Lipinski definition) is 3. The molecule has 20 heavy (non-hydrogen) atoms. The molecular formula is C14H18ClN3O2. The summed E-state index contributed by atoms with van der Waals surface area (Å²) in [7, 11) is 0. The van der Waals surface area contributed by atoms with Gasteiger partial charge in [-0.1, -0.05) is 11.6 Å². The first-order valence-corrected chi connectivity index (χ1v) is 6.96. The highest BCUT2D eigenvalue weighted by atomic mass is 35.5. The molecule has 2 amide bonds. The molecule has 4 N–H and O–H groups in total. The maximum absolute atomic E-state index is 12.4. The van der Waals surface area contributed by atoms with Crippen molar-refractivity contribution in [1.82, 2.24) is 5.32 Å². The standard InChI is InChI=1S/C14H18ClN3O2/c1-14(6-2-3-7-17-14)13(20)18-11-8-9(12(16)19)4-5-10(11)15/h4-5,8,17H,2-3,6-7H2,1H3,(H2,16,19)(H,18,20). The third-order valence-electron chi connectivity index (χ3n) is 3.62. The number of carbonyl (C=O) groups is 2. The van der Waals surface area contributed by atoms with E-state index >= 15 is 0 Å². The summed E-state index contributed by atoms with van der Waals surface area (Å²) < 4.78 is 0. The number of anilines is 1. The van der Waals surface area contributed by atoms with Gasteiger partial charge in [-0.15, -0.1) is 0 Å². The molecule has 1 fully saturated rings. The van der Waals surface area contributed by atoms with Crippen molar-refractivity contribution in [2.45, 2.75) is 31.7 Å². The quantitative estimate of drug-likeness (QED) is 0.796. The van der Waals surface area contributed by atoms with Gasteiger partial charge in [-0.25, -0.2) is 0 Å². The number of nitrogens with one attached hydrogen (secondary N) is 2. The molecular weight excluding hydrogens is 278 g/mol. The topological polar surface area (TPSA) is 84.2 Å². The SMILES string of the molecule is CC1(C(=O)Nc2cc(C(N)=O)ccc2Cl)CCCCN1. The van der Waals surface area contributed by atoms with Gasteiger partial charge in [-0.2, -0.15) is 0 Å². The van der Waals surface area contributed by atoms with Gasteiger partial charge in [0.05, 0.1) is 16.2 Å². The zero-order chi connectivity index (χ0) is 14.8. The molecule has 0 bridgehead atoms. The van der Waals surface area contributed by atoms with Crippen molar-refractivity contribution < 1.29 is 9.59 Å². The summed E-state index contributed by atoms with van der Waals surface area (Å²) in [5.41, 5.74) is 5.33. The van der Waals surface area contributed by atoms with E-state index in [0.29, 0.717) is 16.3 Å². The zero-order valence-corrected chi connectivity index (χ0v) is 12.1. The molecule has 1 saturated heterocycles. The Balaban J connectivity index is 2.18. The van der Waals surface area contributed by atoms with Gasteiger partial charge in [-0.3, -0.25) is 9.59 Å². The predicted molar refractivity (Wildman–Crippen MR) is 78.9 cm³/mol. The third-order valence-corrected chi connectivity index (χ3v) is 3.95. The van der Waals surface area contributed by atoms with Crippen LogP contribution < -0.4 is 16.4 Å². The van der Waals surface area contributed by atoms with Crippen molar-refractivity contribution in [3.8, 4) is 0 Å². The molecule has 1 unspecified atom stereocenters. The fraction of sp³-hybridized carbons (Fsp3) is 0.429. The normalized spacial score (nSPS) is 22.3. The van der Waals surface area contributed by atoms with Crippen LogP contribution in [0.2, 0.25) is 5.02 Å². The van der Waals surface area contributed by atoms with E-state index in [-0.39, 0.29) is 5.91 Å². The Morgan fingerprint density at radius 3 is 2.75 bits per heavy atom. The molecule has 1 heterocycles.